The van der Waals surface area contributed by atoms with E-state index in [9.17, 15) is 8.78 Å². The molecule has 0 aromatic heterocycles. The van der Waals surface area contributed by atoms with Gasteiger partial charge in [-0.25, -0.2) is 8.78 Å². The Hall–Kier alpha value is -1.20. The van der Waals surface area contributed by atoms with E-state index in [1.165, 1.54) is 0 Å². The minimum absolute atomic E-state index is 0.388. The summed E-state index contributed by atoms with van der Waals surface area (Å²) >= 11 is 0. The summed E-state index contributed by atoms with van der Waals surface area (Å²) < 4.78 is 26.2. The number of hydrogen-bond donors (Lipinski definition) is 2. The van der Waals surface area contributed by atoms with Gasteiger partial charge in [-0.05, 0) is 58.1 Å². The highest BCUT2D eigenvalue weighted by molar-refractivity contribution is 5.29. The standard InChI is InChI=1S/C14H22F2N2O/c1-10(2)18(3)6-4-5-17-9-11-7-12(15)14(19)13(16)8-11/h7-8,10,17,19H,4-6,9H2,1-3H3. The van der Waals surface area contributed by atoms with Crippen molar-refractivity contribution in [2.24, 2.45) is 0 Å². The lowest BCUT2D eigenvalue weighted by molar-refractivity contribution is 0.269. The predicted octanol–water partition coefficient (Wildman–Crippen LogP) is 2.49. The van der Waals surface area contributed by atoms with Crippen molar-refractivity contribution < 1.29 is 13.9 Å². The summed E-state index contributed by atoms with van der Waals surface area (Å²) in [5.74, 6) is -2.75. The third kappa shape index (κ3) is 5.12. The molecule has 0 unspecified atom stereocenters. The maximum Gasteiger partial charge on any atom is 0.187 e. The molecule has 0 aliphatic rings. The molecule has 0 bridgehead atoms. The van der Waals surface area contributed by atoms with Crippen LogP contribution in [0, 0.1) is 11.6 Å². The summed E-state index contributed by atoms with van der Waals surface area (Å²) in [6, 6.07) is 2.80. The van der Waals surface area contributed by atoms with Crippen LogP contribution >= 0.6 is 0 Å². The maximum absolute atomic E-state index is 13.1. The second-order valence-corrected chi connectivity index (χ2v) is 5.01. The van der Waals surface area contributed by atoms with Crippen molar-refractivity contribution in [3.63, 3.8) is 0 Å². The average Bonchev–Trinajstić information content (AvgIpc) is 2.34. The number of halogens is 2. The van der Waals surface area contributed by atoms with E-state index in [4.69, 9.17) is 5.11 Å². The zero-order valence-corrected chi connectivity index (χ0v) is 11.7. The Balaban J connectivity index is 2.30. The molecule has 2 N–H and O–H groups in total. The number of rotatable bonds is 7. The van der Waals surface area contributed by atoms with E-state index in [0.29, 0.717) is 18.2 Å². The molecule has 0 spiro atoms. The summed E-state index contributed by atoms with van der Waals surface area (Å²) in [6.45, 7) is 6.41. The van der Waals surface area contributed by atoms with Gasteiger partial charge in [-0.3, -0.25) is 0 Å². The van der Waals surface area contributed by atoms with Gasteiger partial charge in [0.2, 0.25) is 0 Å². The summed E-state index contributed by atoms with van der Waals surface area (Å²) in [7, 11) is 2.06. The van der Waals surface area contributed by atoms with Crippen molar-refractivity contribution in [2.45, 2.75) is 32.9 Å². The Labute approximate surface area is 113 Å². The van der Waals surface area contributed by atoms with Crippen LogP contribution in [0.25, 0.3) is 0 Å². The fourth-order valence-electron chi connectivity index (χ4n) is 1.66. The first-order chi connectivity index (χ1) is 8.91. The van der Waals surface area contributed by atoms with Crippen molar-refractivity contribution in [1.29, 1.82) is 0 Å². The van der Waals surface area contributed by atoms with Crippen molar-refractivity contribution in [2.75, 3.05) is 20.1 Å². The fourth-order valence-corrected chi connectivity index (χ4v) is 1.66. The molecule has 0 amide bonds. The van der Waals surface area contributed by atoms with Gasteiger partial charge >= 0.3 is 0 Å². The largest absolute Gasteiger partial charge is 0.503 e. The summed E-state index contributed by atoms with van der Waals surface area (Å²) in [5.41, 5.74) is 0.491. The molecular weight excluding hydrogens is 250 g/mol. The first-order valence-electron chi connectivity index (χ1n) is 6.49. The molecule has 5 heteroatoms. The van der Waals surface area contributed by atoms with Crippen LogP contribution < -0.4 is 5.32 Å². The summed E-state index contributed by atoms with van der Waals surface area (Å²) in [4.78, 5) is 2.24. The first-order valence-corrected chi connectivity index (χ1v) is 6.49. The van der Waals surface area contributed by atoms with Crippen molar-refractivity contribution >= 4 is 0 Å². The topological polar surface area (TPSA) is 35.5 Å². The number of hydrogen-bond acceptors (Lipinski definition) is 3. The lowest BCUT2D eigenvalue weighted by Crippen LogP contribution is -2.29. The molecule has 0 saturated carbocycles. The van der Waals surface area contributed by atoms with Gasteiger partial charge in [0.25, 0.3) is 0 Å². The SMILES string of the molecule is CC(C)N(C)CCCNCc1cc(F)c(O)c(F)c1. The maximum atomic E-state index is 13.1. The van der Waals surface area contributed by atoms with E-state index in [2.05, 4.69) is 31.1 Å². The molecule has 0 radical (unpaired) electrons. The highest BCUT2D eigenvalue weighted by atomic mass is 19.1. The summed E-state index contributed by atoms with van der Waals surface area (Å²) in [5, 5.41) is 12.1. The molecule has 0 fully saturated rings. The first kappa shape index (κ1) is 15.9. The summed E-state index contributed by atoms with van der Waals surface area (Å²) in [6.07, 6.45) is 0.970. The van der Waals surface area contributed by atoms with E-state index in [1.54, 1.807) is 0 Å². The number of phenols is 1. The highest BCUT2D eigenvalue weighted by Crippen LogP contribution is 2.21. The second-order valence-electron chi connectivity index (χ2n) is 5.01. The highest BCUT2D eigenvalue weighted by Gasteiger charge is 2.09. The monoisotopic (exact) mass is 272 g/mol. The Morgan fingerprint density at radius 3 is 2.37 bits per heavy atom. The lowest BCUT2D eigenvalue weighted by atomic mass is 10.2. The zero-order chi connectivity index (χ0) is 14.4. The van der Waals surface area contributed by atoms with Gasteiger partial charge in [0.1, 0.15) is 0 Å². The molecule has 0 aliphatic carbocycles. The smallest absolute Gasteiger partial charge is 0.187 e. The molecule has 0 atom stereocenters. The number of nitrogens with one attached hydrogen (secondary N) is 1. The zero-order valence-electron chi connectivity index (χ0n) is 11.7. The number of benzene rings is 1. The normalized spacial score (nSPS) is 11.5. The van der Waals surface area contributed by atoms with Crippen molar-refractivity contribution in [1.82, 2.24) is 10.2 Å². The number of phenolic OH excluding ortho intramolecular Hbond substituents is 1. The van der Waals surface area contributed by atoms with Crippen LogP contribution in [0.15, 0.2) is 12.1 Å². The van der Waals surface area contributed by atoms with Gasteiger partial charge in [0, 0.05) is 12.6 Å². The van der Waals surface area contributed by atoms with E-state index in [-0.39, 0.29) is 0 Å². The van der Waals surface area contributed by atoms with E-state index < -0.39 is 17.4 Å². The third-order valence-corrected chi connectivity index (χ3v) is 3.15. The lowest BCUT2D eigenvalue weighted by Gasteiger charge is -2.20. The van der Waals surface area contributed by atoms with E-state index in [1.807, 2.05) is 0 Å². The molecule has 108 valence electrons. The van der Waals surface area contributed by atoms with Gasteiger partial charge in [-0.1, -0.05) is 0 Å². The van der Waals surface area contributed by atoms with Gasteiger partial charge in [0.05, 0.1) is 0 Å². The van der Waals surface area contributed by atoms with Gasteiger partial charge < -0.3 is 15.3 Å². The molecule has 19 heavy (non-hydrogen) atoms. The molecular formula is C14H22F2N2O. The quantitative estimate of drug-likeness (QED) is 0.749. The van der Waals surface area contributed by atoms with Crippen LogP contribution in [0.1, 0.15) is 25.8 Å². The predicted molar refractivity (Wildman–Crippen MR) is 72.1 cm³/mol. The Bertz CT molecular complexity index is 387. The van der Waals surface area contributed by atoms with Crippen LogP contribution in [-0.2, 0) is 6.54 Å². The van der Waals surface area contributed by atoms with E-state index >= 15 is 0 Å². The minimum Gasteiger partial charge on any atom is -0.503 e. The van der Waals surface area contributed by atoms with Crippen LogP contribution in [-0.4, -0.2) is 36.2 Å². The minimum atomic E-state index is -0.920. The number of aromatic hydroxyl groups is 1. The molecule has 1 aromatic rings. The Morgan fingerprint density at radius 2 is 1.84 bits per heavy atom. The Kier molecular flexibility index (Phi) is 6.18. The molecule has 1 rings (SSSR count). The van der Waals surface area contributed by atoms with Gasteiger partial charge in [0.15, 0.2) is 17.4 Å². The molecule has 0 saturated heterocycles. The fraction of sp³-hybridized carbons (Fsp3) is 0.571. The Morgan fingerprint density at radius 1 is 1.26 bits per heavy atom. The second kappa shape index (κ2) is 7.40. The molecule has 1 aromatic carbocycles. The third-order valence-electron chi connectivity index (χ3n) is 3.15. The van der Waals surface area contributed by atoms with Gasteiger partial charge in [-0.2, -0.15) is 0 Å². The van der Waals surface area contributed by atoms with Crippen LogP contribution in [0.3, 0.4) is 0 Å². The van der Waals surface area contributed by atoms with Gasteiger partial charge in [-0.15, -0.1) is 0 Å². The van der Waals surface area contributed by atoms with Crippen LogP contribution in [0.4, 0.5) is 8.78 Å². The number of nitrogens with zero attached hydrogens (tertiary/aromatic N) is 1. The van der Waals surface area contributed by atoms with Crippen molar-refractivity contribution in [3.8, 4) is 5.75 Å². The van der Waals surface area contributed by atoms with Crippen molar-refractivity contribution in [3.05, 3.63) is 29.3 Å². The average molecular weight is 272 g/mol. The molecule has 0 heterocycles. The van der Waals surface area contributed by atoms with E-state index in [0.717, 1.165) is 31.6 Å². The van der Waals surface area contributed by atoms with Crippen LogP contribution in [0.2, 0.25) is 0 Å². The molecule has 0 aliphatic heterocycles. The van der Waals surface area contributed by atoms with Crippen LogP contribution in [0.5, 0.6) is 5.75 Å². The molecule has 3 nitrogen and oxygen atoms in total.